The maximum Gasteiger partial charge on any atom is 0.0175 e. The average molecular weight is 863 g/mol. The molecule has 0 saturated heterocycles. The Morgan fingerprint density at radius 2 is 0.459 bits per heavy atom. The fraction of sp³-hybridized carbons (Fsp3) is 0.143. The molecule has 9 heteroatoms. The summed E-state index contributed by atoms with van der Waals surface area (Å²) in [5, 5.41) is -0.355. The zero-order valence-electron chi connectivity index (χ0n) is 19.0. The molecule has 0 aromatic heterocycles. The molecule has 0 bridgehead atoms. The Morgan fingerprint density at radius 1 is 0.324 bits per heavy atom. The van der Waals surface area contributed by atoms with Crippen molar-refractivity contribution in [3.8, 4) is 0 Å². The summed E-state index contributed by atoms with van der Waals surface area (Å²) in [5.41, 5.74) is 4.37. The molecule has 0 aliphatic carbocycles. The predicted molar refractivity (Wildman–Crippen MR) is 177 cm³/mol. The Morgan fingerprint density at radius 3 is 0.595 bits per heavy atom. The Balaban J connectivity index is 0.000000253. The Bertz CT molecular complexity index is 1020. The quantitative estimate of drug-likeness (QED) is 0.140. The molecule has 0 N–H and O–H groups in total. The van der Waals surface area contributed by atoms with Crippen LogP contribution in [0.4, 0.5) is 0 Å². The summed E-state index contributed by atoms with van der Waals surface area (Å²) in [6.45, 7) is 0. The molecular formula is C28H20Br4NiS4-4. The van der Waals surface area contributed by atoms with Crippen molar-refractivity contribution in [3.05, 3.63) is 137 Å². The fourth-order valence-electron chi connectivity index (χ4n) is 3.31. The van der Waals surface area contributed by atoms with Crippen molar-refractivity contribution < 1.29 is 16.5 Å². The summed E-state index contributed by atoms with van der Waals surface area (Å²) in [7, 11) is 0. The summed E-state index contributed by atoms with van der Waals surface area (Å²) in [5.74, 6) is 0. The third-order valence-electron chi connectivity index (χ3n) is 5.34. The number of hydrogen-bond acceptors (Lipinski definition) is 4. The van der Waals surface area contributed by atoms with Gasteiger partial charge in [0.05, 0.1) is 0 Å². The van der Waals surface area contributed by atoms with Gasteiger partial charge in [-0.1, -0.05) is 135 Å². The largest absolute Gasteiger partial charge is 0.786 e. The molecule has 198 valence electrons. The van der Waals surface area contributed by atoms with Gasteiger partial charge < -0.3 is 50.5 Å². The molecule has 0 amide bonds. The van der Waals surface area contributed by atoms with Gasteiger partial charge in [0.2, 0.25) is 0 Å². The third kappa shape index (κ3) is 10.6. The van der Waals surface area contributed by atoms with Crippen LogP contribution in [0.25, 0.3) is 0 Å². The van der Waals surface area contributed by atoms with Crippen molar-refractivity contribution in [2.45, 2.75) is 21.0 Å². The first-order valence-electron chi connectivity index (χ1n) is 10.8. The van der Waals surface area contributed by atoms with Crippen LogP contribution in [0.15, 0.2) is 115 Å². The van der Waals surface area contributed by atoms with E-state index in [2.05, 4.69) is 63.7 Å². The van der Waals surface area contributed by atoms with Gasteiger partial charge in [-0.15, -0.1) is 0 Å². The predicted octanol–water partition coefficient (Wildman–Crippen LogP) is 10.2. The molecule has 37 heavy (non-hydrogen) atoms. The van der Waals surface area contributed by atoms with Gasteiger partial charge in [0.25, 0.3) is 0 Å². The molecule has 0 aliphatic rings. The topological polar surface area (TPSA) is 0 Å². The Hall–Kier alpha value is 0.694. The second-order valence-corrected chi connectivity index (χ2v) is 13.6. The van der Waals surface area contributed by atoms with Gasteiger partial charge in [0.1, 0.15) is 0 Å². The fourth-order valence-corrected chi connectivity index (χ4v) is 5.62. The summed E-state index contributed by atoms with van der Waals surface area (Å²) in [6, 6.07) is 32.2. The van der Waals surface area contributed by atoms with E-state index < -0.39 is 0 Å². The minimum absolute atomic E-state index is 0. The van der Waals surface area contributed by atoms with Crippen LogP contribution in [0.5, 0.6) is 0 Å². The van der Waals surface area contributed by atoms with Crippen molar-refractivity contribution in [3.63, 3.8) is 0 Å². The van der Waals surface area contributed by atoms with Crippen LogP contribution in [-0.4, -0.2) is 0 Å². The molecule has 4 rings (SSSR count). The molecule has 0 heterocycles. The van der Waals surface area contributed by atoms with E-state index in [0.29, 0.717) is 0 Å². The van der Waals surface area contributed by atoms with Crippen molar-refractivity contribution in [2.75, 3.05) is 0 Å². The number of rotatable bonds is 6. The molecule has 0 fully saturated rings. The van der Waals surface area contributed by atoms with E-state index in [1.807, 2.05) is 97.1 Å². The summed E-state index contributed by atoms with van der Waals surface area (Å²) in [6.07, 6.45) is 0. The van der Waals surface area contributed by atoms with Crippen molar-refractivity contribution in [1.82, 2.24) is 0 Å². The van der Waals surface area contributed by atoms with Crippen molar-refractivity contribution >= 4 is 114 Å². The molecule has 0 spiro atoms. The third-order valence-corrected chi connectivity index (χ3v) is 9.98. The van der Waals surface area contributed by atoms with Crippen molar-refractivity contribution in [1.29, 1.82) is 0 Å². The molecule has 0 nitrogen and oxygen atoms in total. The second kappa shape index (κ2) is 16.8. The van der Waals surface area contributed by atoms with Crippen LogP contribution < -0.4 is 0 Å². The van der Waals surface area contributed by atoms with Gasteiger partial charge >= 0.3 is 0 Å². The second-order valence-electron chi connectivity index (χ2n) is 7.89. The van der Waals surface area contributed by atoms with Gasteiger partial charge in [-0.25, -0.2) is 0 Å². The molecule has 4 unspecified atom stereocenters. The maximum absolute atomic E-state index is 5.55. The van der Waals surface area contributed by atoms with Crippen molar-refractivity contribution in [2.24, 2.45) is 0 Å². The first kappa shape index (κ1) is 33.9. The summed E-state index contributed by atoms with van der Waals surface area (Å²) < 4.78 is 4.21. The van der Waals surface area contributed by atoms with Gasteiger partial charge in [-0.2, -0.15) is 21.0 Å². The normalized spacial score (nSPS) is 13.8. The first-order valence-corrected chi connectivity index (χ1v) is 15.9. The standard InChI is InChI=1S/2C14H12Br2S2.Ni/c2*15-11-5-1-9(2-6-11)13(17)14(18)10-3-7-12(16)8-4-10;/h2*1-8,13-14,17-18H;/p-4. The first-order chi connectivity index (χ1) is 17.2. The average Bonchev–Trinajstić information content (AvgIpc) is 2.89. The molecule has 0 aliphatic heterocycles. The van der Waals surface area contributed by atoms with E-state index in [1.54, 1.807) is 0 Å². The van der Waals surface area contributed by atoms with Crippen LogP contribution >= 0.6 is 63.7 Å². The Labute approximate surface area is 285 Å². The minimum Gasteiger partial charge on any atom is -0.786 e. The van der Waals surface area contributed by atoms with Gasteiger partial charge in [-0.3, -0.25) is 0 Å². The van der Waals surface area contributed by atoms with E-state index in [1.165, 1.54) is 0 Å². The SMILES string of the molecule is [Ni].[S-]C(c1ccc(Br)cc1)C([S-])c1ccc(Br)cc1.[S-]C(c1ccc(Br)cc1)C([S-])c1ccc(Br)cc1. The zero-order valence-corrected chi connectivity index (χ0v) is 29.6. The number of halogens is 4. The molecule has 4 aromatic rings. The van der Waals surface area contributed by atoms with Crippen LogP contribution in [0.2, 0.25) is 0 Å². The molecule has 4 aromatic carbocycles. The molecule has 4 atom stereocenters. The van der Waals surface area contributed by atoms with Gasteiger partial charge in [0.15, 0.2) is 0 Å². The molecular weight excluding hydrogens is 843 g/mol. The maximum atomic E-state index is 5.55. The zero-order chi connectivity index (χ0) is 26.2. The van der Waals surface area contributed by atoms with Gasteiger partial charge in [-0.05, 0) is 48.5 Å². The molecule has 0 saturated carbocycles. The number of benzene rings is 4. The van der Waals surface area contributed by atoms with E-state index in [-0.39, 0.29) is 37.5 Å². The number of hydrogen-bond donors (Lipinski definition) is 0. The van der Waals surface area contributed by atoms with E-state index in [0.717, 1.165) is 40.1 Å². The van der Waals surface area contributed by atoms with Crippen LogP contribution in [0, 0.1) is 0 Å². The van der Waals surface area contributed by atoms with Crippen LogP contribution in [0.3, 0.4) is 0 Å². The summed E-state index contributed by atoms with van der Waals surface area (Å²) >= 11 is 35.9. The van der Waals surface area contributed by atoms with Crippen LogP contribution in [0.1, 0.15) is 43.3 Å². The smallest absolute Gasteiger partial charge is 0.0175 e. The summed E-state index contributed by atoms with van der Waals surface area (Å²) in [4.78, 5) is 0. The minimum atomic E-state index is -0.0886. The monoisotopic (exact) mass is 858 g/mol. The molecule has 0 radical (unpaired) electrons. The van der Waals surface area contributed by atoms with Crippen LogP contribution in [-0.2, 0) is 67.0 Å². The van der Waals surface area contributed by atoms with Gasteiger partial charge in [0, 0.05) is 34.4 Å². The van der Waals surface area contributed by atoms with E-state index in [4.69, 9.17) is 50.5 Å². The Kier molecular flexibility index (Phi) is 15.4. The van der Waals surface area contributed by atoms with E-state index >= 15 is 0 Å². The van der Waals surface area contributed by atoms with E-state index in [9.17, 15) is 0 Å².